The van der Waals surface area contributed by atoms with Crippen molar-refractivity contribution in [1.29, 1.82) is 0 Å². The Labute approximate surface area is 175 Å². The summed E-state index contributed by atoms with van der Waals surface area (Å²) in [4.78, 5) is 24.1. The van der Waals surface area contributed by atoms with E-state index in [0.29, 0.717) is 24.1 Å². The molecule has 0 aliphatic heterocycles. The Balaban J connectivity index is 1.48. The molecule has 6 heteroatoms. The average molecular weight is 399 g/mol. The van der Waals surface area contributed by atoms with Crippen LogP contribution in [0.25, 0.3) is 17.2 Å². The van der Waals surface area contributed by atoms with Crippen LogP contribution in [-0.2, 0) is 13.0 Å². The highest BCUT2D eigenvalue weighted by Crippen LogP contribution is 2.46. The fraction of sp³-hybridized carbons (Fsp3) is 0.292. The molecule has 2 heterocycles. The average Bonchev–Trinajstić information content (AvgIpc) is 3.52. The first kappa shape index (κ1) is 18.6. The Morgan fingerprint density at radius 2 is 1.90 bits per heavy atom. The van der Waals surface area contributed by atoms with Crippen LogP contribution in [0.15, 0.2) is 59.4 Å². The van der Waals surface area contributed by atoms with Crippen LogP contribution in [0.1, 0.15) is 42.5 Å². The van der Waals surface area contributed by atoms with Crippen molar-refractivity contribution in [3.05, 3.63) is 81.8 Å². The molecule has 5 rings (SSSR count). The number of aromatic amines is 1. The van der Waals surface area contributed by atoms with Crippen LogP contribution in [-0.4, -0.2) is 26.6 Å². The summed E-state index contributed by atoms with van der Waals surface area (Å²) in [5.74, 6) is 1.70. The Hall–Kier alpha value is -3.41. The van der Waals surface area contributed by atoms with Gasteiger partial charge in [0.05, 0.1) is 12.2 Å². The van der Waals surface area contributed by atoms with Gasteiger partial charge in [0.15, 0.2) is 5.82 Å². The van der Waals surface area contributed by atoms with Crippen LogP contribution >= 0.6 is 0 Å². The molecule has 0 radical (unpaired) electrons. The van der Waals surface area contributed by atoms with Gasteiger partial charge in [-0.05, 0) is 42.4 Å². The maximum atomic E-state index is 12.7. The predicted molar refractivity (Wildman–Crippen MR) is 119 cm³/mol. The zero-order valence-corrected chi connectivity index (χ0v) is 17.3. The largest absolute Gasteiger partial charge is 0.368 e. The molecular weight excluding hydrogens is 374 g/mol. The molecule has 0 atom stereocenters. The summed E-state index contributed by atoms with van der Waals surface area (Å²) in [6, 6.07) is 17.9. The lowest BCUT2D eigenvalue weighted by Crippen LogP contribution is -2.22. The number of rotatable bonds is 6. The van der Waals surface area contributed by atoms with E-state index in [9.17, 15) is 4.79 Å². The summed E-state index contributed by atoms with van der Waals surface area (Å²) in [7, 11) is 2.07. The molecule has 4 aromatic rings. The molecule has 0 unspecified atom stereocenters. The van der Waals surface area contributed by atoms with E-state index < -0.39 is 0 Å². The molecule has 30 heavy (non-hydrogen) atoms. The third-order valence-corrected chi connectivity index (χ3v) is 5.78. The highest BCUT2D eigenvalue weighted by Gasteiger charge is 2.29. The predicted octanol–water partition coefficient (Wildman–Crippen LogP) is 4.16. The van der Waals surface area contributed by atoms with E-state index in [1.54, 1.807) is 6.07 Å². The highest BCUT2D eigenvalue weighted by molar-refractivity contribution is 5.60. The van der Waals surface area contributed by atoms with Gasteiger partial charge < -0.3 is 4.90 Å². The van der Waals surface area contributed by atoms with Gasteiger partial charge in [0.2, 0.25) is 0 Å². The number of nitrogens with zero attached hydrogens (tertiary/aromatic N) is 4. The Morgan fingerprint density at radius 1 is 1.10 bits per heavy atom. The van der Waals surface area contributed by atoms with Crippen LogP contribution in [0.4, 0.5) is 5.69 Å². The van der Waals surface area contributed by atoms with E-state index in [1.165, 1.54) is 34.2 Å². The third kappa shape index (κ3) is 3.38. The number of H-pyrrole nitrogens is 1. The van der Waals surface area contributed by atoms with Crippen molar-refractivity contribution in [2.24, 2.45) is 0 Å². The summed E-state index contributed by atoms with van der Waals surface area (Å²) in [6.45, 7) is 2.77. The smallest absolute Gasteiger partial charge is 0.274 e. The van der Waals surface area contributed by atoms with Crippen LogP contribution in [0.2, 0.25) is 0 Å². The number of aryl methyl sites for hydroxylation is 1. The molecule has 1 fully saturated rings. The number of fused-ring (bicyclic) bond motifs is 1. The van der Waals surface area contributed by atoms with Gasteiger partial charge >= 0.3 is 0 Å². The van der Waals surface area contributed by atoms with E-state index in [1.807, 2.05) is 30.3 Å². The zero-order chi connectivity index (χ0) is 20.7. The van der Waals surface area contributed by atoms with Gasteiger partial charge in [-0.15, -0.1) is 0 Å². The van der Waals surface area contributed by atoms with Gasteiger partial charge in [0.1, 0.15) is 0 Å². The first-order valence-electron chi connectivity index (χ1n) is 10.5. The molecule has 0 amide bonds. The summed E-state index contributed by atoms with van der Waals surface area (Å²) >= 11 is 0. The Bertz CT molecular complexity index is 1250. The molecule has 1 N–H and O–H groups in total. The summed E-state index contributed by atoms with van der Waals surface area (Å²) < 4.78 is 1.40. The normalized spacial score (nSPS) is 13.7. The molecular formula is C24H25N5O. The van der Waals surface area contributed by atoms with E-state index >= 15 is 0 Å². The molecule has 1 saturated carbocycles. The lowest BCUT2D eigenvalue weighted by Gasteiger charge is -2.24. The van der Waals surface area contributed by atoms with E-state index in [0.717, 1.165) is 17.7 Å². The third-order valence-electron chi connectivity index (χ3n) is 5.78. The molecule has 1 aliphatic carbocycles. The summed E-state index contributed by atoms with van der Waals surface area (Å²) in [5.41, 5.74) is 5.62. The number of aromatic nitrogens is 4. The molecule has 1 aliphatic rings. The van der Waals surface area contributed by atoms with Crippen LogP contribution in [0.5, 0.6) is 0 Å². The van der Waals surface area contributed by atoms with Crippen molar-refractivity contribution in [2.45, 2.75) is 38.6 Å². The fourth-order valence-corrected chi connectivity index (χ4v) is 4.15. The van der Waals surface area contributed by atoms with Gasteiger partial charge in [0, 0.05) is 24.4 Å². The highest BCUT2D eigenvalue weighted by atomic mass is 16.1. The van der Waals surface area contributed by atoms with Gasteiger partial charge in [-0.2, -0.15) is 9.50 Å². The number of nitrogens with one attached hydrogen (secondary N) is 1. The minimum atomic E-state index is -0.150. The van der Waals surface area contributed by atoms with Gasteiger partial charge in [-0.3, -0.25) is 9.89 Å². The molecule has 2 aromatic heterocycles. The molecule has 0 saturated heterocycles. The van der Waals surface area contributed by atoms with Crippen molar-refractivity contribution >= 4 is 11.5 Å². The SMILES string of the molecule is CCc1cccc(N(C)Cc2cc(=O)n3[nH]c(-c4ccccc4)nc3n2)c1C1CC1. The fourth-order valence-electron chi connectivity index (χ4n) is 4.15. The second kappa shape index (κ2) is 7.44. The van der Waals surface area contributed by atoms with Gasteiger partial charge in [-0.1, -0.05) is 49.4 Å². The van der Waals surface area contributed by atoms with Crippen molar-refractivity contribution in [1.82, 2.24) is 19.6 Å². The van der Waals surface area contributed by atoms with Crippen molar-refractivity contribution < 1.29 is 0 Å². The Kier molecular flexibility index (Phi) is 4.62. The molecule has 2 aromatic carbocycles. The van der Waals surface area contributed by atoms with E-state index in [-0.39, 0.29) is 5.56 Å². The summed E-state index contributed by atoms with van der Waals surface area (Å²) in [6.07, 6.45) is 3.56. The molecule has 0 bridgehead atoms. The molecule has 152 valence electrons. The van der Waals surface area contributed by atoms with E-state index in [4.69, 9.17) is 0 Å². The van der Waals surface area contributed by atoms with Gasteiger partial charge in [-0.25, -0.2) is 4.98 Å². The van der Waals surface area contributed by atoms with E-state index in [2.05, 4.69) is 52.1 Å². The first-order valence-corrected chi connectivity index (χ1v) is 10.5. The quantitative estimate of drug-likeness (QED) is 0.529. The molecule has 0 spiro atoms. The topological polar surface area (TPSA) is 66.3 Å². The van der Waals surface area contributed by atoms with Crippen LogP contribution in [0.3, 0.4) is 0 Å². The van der Waals surface area contributed by atoms with Crippen molar-refractivity contribution in [3.8, 4) is 11.4 Å². The zero-order valence-electron chi connectivity index (χ0n) is 17.3. The minimum absolute atomic E-state index is 0.150. The number of hydrogen-bond donors (Lipinski definition) is 1. The second-order valence-electron chi connectivity index (χ2n) is 7.99. The van der Waals surface area contributed by atoms with Gasteiger partial charge in [0.25, 0.3) is 11.3 Å². The van der Waals surface area contributed by atoms with Crippen LogP contribution in [0, 0.1) is 0 Å². The number of hydrogen-bond acceptors (Lipinski definition) is 4. The number of anilines is 1. The standard InChI is InChI=1S/C24H25N5O/c1-3-16-10-7-11-20(22(16)17-12-13-17)28(2)15-19-14-21(30)29-24(25-19)26-23(27-29)18-8-5-4-6-9-18/h4-11,14,17H,3,12-13,15H2,1-2H3,(H,25,26,27). The summed E-state index contributed by atoms with van der Waals surface area (Å²) in [5, 5.41) is 3.06. The Morgan fingerprint density at radius 3 is 2.63 bits per heavy atom. The van der Waals surface area contributed by atoms with Crippen molar-refractivity contribution in [2.75, 3.05) is 11.9 Å². The lowest BCUT2D eigenvalue weighted by molar-refractivity contribution is 0.833. The lowest BCUT2D eigenvalue weighted by atomic mass is 9.98. The second-order valence-corrected chi connectivity index (χ2v) is 7.99. The van der Waals surface area contributed by atoms with Crippen LogP contribution < -0.4 is 10.5 Å². The maximum Gasteiger partial charge on any atom is 0.274 e. The minimum Gasteiger partial charge on any atom is -0.368 e. The number of benzene rings is 2. The molecule has 6 nitrogen and oxygen atoms in total. The first-order chi connectivity index (χ1) is 14.6. The maximum absolute atomic E-state index is 12.7. The van der Waals surface area contributed by atoms with Crippen molar-refractivity contribution in [3.63, 3.8) is 0 Å². The monoisotopic (exact) mass is 399 g/mol.